The topological polar surface area (TPSA) is 37.0 Å². The molecular weight excluding hydrogens is 382 g/mol. The SMILES string of the molecule is Cc1ccc(CNC(=S)Nc2cccnc2Sc2ccc(Cl)cc2)cc1. The molecule has 0 fully saturated rings. The van der Waals surface area contributed by atoms with E-state index >= 15 is 0 Å². The van der Waals surface area contributed by atoms with Crippen LogP contribution in [-0.2, 0) is 6.54 Å². The van der Waals surface area contributed by atoms with Crippen LogP contribution in [0.15, 0.2) is 76.8 Å². The standard InChI is InChI=1S/C20H18ClN3S2/c1-14-4-6-15(7-5-14)13-23-20(25)24-18-3-2-12-22-19(18)26-17-10-8-16(21)9-11-17/h2-12H,13H2,1H3,(H2,23,24,25). The molecule has 6 heteroatoms. The van der Waals surface area contributed by atoms with E-state index in [1.807, 2.05) is 36.4 Å². The molecule has 0 atom stereocenters. The fourth-order valence-corrected chi connectivity index (χ4v) is 3.38. The Morgan fingerprint density at radius 3 is 2.54 bits per heavy atom. The van der Waals surface area contributed by atoms with E-state index in [0.717, 1.165) is 20.6 Å². The summed E-state index contributed by atoms with van der Waals surface area (Å²) in [6, 6.07) is 19.9. The zero-order valence-corrected chi connectivity index (χ0v) is 16.6. The van der Waals surface area contributed by atoms with Crippen molar-refractivity contribution in [3.05, 3.63) is 83.0 Å². The van der Waals surface area contributed by atoms with Crippen LogP contribution in [0.3, 0.4) is 0 Å². The smallest absolute Gasteiger partial charge is 0.171 e. The van der Waals surface area contributed by atoms with Gasteiger partial charge in [-0.3, -0.25) is 0 Å². The number of hydrogen-bond donors (Lipinski definition) is 2. The highest BCUT2D eigenvalue weighted by atomic mass is 35.5. The molecule has 0 aliphatic heterocycles. The van der Waals surface area contributed by atoms with Crippen molar-refractivity contribution in [2.45, 2.75) is 23.4 Å². The zero-order chi connectivity index (χ0) is 18.4. The number of aromatic nitrogens is 1. The van der Waals surface area contributed by atoms with Crippen LogP contribution in [0.5, 0.6) is 0 Å². The van der Waals surface area contributed by atoms with E-state index in [9.17, 15) is 0 Å². The molecule has 132 valence electrons. The van der Waals surface area contributed by atoms with Gasteiger partial charge < -0.3 is 10.6 Å². The lowest BCUT2D eigenvalue weighted by atomic mass is 10.1. The zero-order valence-electron chi connectivity index (χ0n) is 14.2. The first-order valence-corrected chi connectivity index (χ1v) is 9.69. The molecule has 0 bridgehead atoms. The maximum absolute atomic E-state index is 5.95. The maximum Gasteiger partial charge on any atom is 0.171 e. The second-order valence-corrected chi connectivity index (χ2v) is 7.61. The summed E-state index contributed by atoms with van der Waals surface area (Å²) in [7, 11) is 0. The Bertz CT molecular complexity index is 880. The maximum atomic E-state index is 5.95. The van der Waals surface area contributed by atoms with Crippen LogP contribution < -0.4 is 10.6 Å². The number of rotatable bonds is 5. The number of hydrogen-bond acceptors (Lipinski definition) is 3. The number of nitrogens with zero attached hydrogens (tertiary/aromatic N) is 1. The Kier molecular flexibility index (Phi) is 6.50. The van der Waals surface area contributed by atoms with Crippen molar-refractivity contribution in [3.63, 3.8) is 0 Å². The second-order valence-electron chi connectivity index (χ2n) is 5.71. The van der Waals surface area contributed by atoms with Gasteiger partial charge in [0.15, 0.2) is 5.11 Å². The van der Waals surface area contributed by atoms with Gasteiger partial charge in [0.25, 0.3) is 0 Å². The Balaban J connectivity index is 1.62. The van der Waals surface area contributed by atoms with E-state index in [1.54, 1.807) is 18.0 Å². The van der Waals surface area contributed by atoms with Crippen LogP contribution in [0, 0.1) is 6.92 Å². The van der Waals surface area contributed by atoms with Gasteiger partial charge in [0, 0.05) is 22.7 Å². The molecule has 1 aromatic heterocycles. The third-order valence-electron chi connectivity index (χ3n) is 3.62. The predicted octanol–water partition coefficient (Wildman–Crippen LogP) is 5.68. The number of anilines is 1. The monoisotopic (exact) mass is 399 g/mol. The summed E-state index contributed by atoms with van der Waals surface area (Å²) in [5.41, 5.74) is 3.30. The van der Waals surface area contributed by atoms with Crippen LogP contribution in [0.4, 0.5) is 5.69 Å². The van der Waals surface area contributed by atoms with Crippen LogP contribution in [0.25, 0.3) is 0 Å². The average Bonchev–Trinajstić information content (AvgIpc) is 2.65. The Morgan fingerprint density at radius 2 is 1.81 bits per heavy atom. The molecule has 0 aliphatic carbocycles. The predicted molar refractivity (Wildman–Crippen MR) is 114 cm³/mol. The Labute approximate surface area is 168 Å². The summed E-state index contributed by atoms with van der Waals surface area (Å²) in [6.45, 7) is 2.75. The average molecular weight is 400 g/mol. The third kappa shape index (κ3) is 5.46. The van der Waals surface area contributed by atoms with Gasteiger partial charge in [0.2, 0.25) is 0 Å². The lowest BCUT2D eigenvalue weighted by molar-refractivity contribution is 0.923. The van der Waals surface area contributed by atoms with Crippen molar-refractivity contribution in [2.75, 3.05) is 5.32 Å². The molecule has 0 aliphatic rings. The van der Waals surface area contributed by atoms with Gasteiger partial charge in [-0.1, -0.05) is 53.2 Å². The number of nitrogens with one attached hydrogen (secondary N) is 2. The Morgan fingerprint density at radius 1 is 1.08 bits per heavy atom. The molecule has 0 amide bonds. The molecule has 3 nitrogen and oxygen atoms in total. The van der Waals surface area contributed by atoms with Gasteiger partial charge in [-0.25, -0.2) is 4.98 Å². The molecule has 2 N–H and O–H groups in total. The van der Waals surface area contributed by atoms with E-state index in [0.29, 0.717) is 11.7 Å². The molecule has 0 radical (unpaired) electrons. The van der Waals surface area contributed by atoms with E-state index in [-0.39, 0.29) is 0 Å². The molecule has 2 aromatic carbocycles. The summed E-state index contributed by atoms with van der Waals surface area (Å²) in [4.78, 5) is 5.52. The first-order chi connectivity index (χ1) is 12.6. The van der Waals surface area contributed by atoms with Gasteiger partial charge >= 0.3 is 0 Å². The lowest BCUT2D eigenvalue weighted by Crippen LogP contribution is -2.28. The molecular formula is C20H18ClN3S2. The number of pyridine rings is 1. The third-order valence-corrected chi connectivity index (χ3v) is 5.15. The summed E-state index contributed by atoms with van der Waals surface area (Å²) in [5, 5.41) is 8.61. The van der Waals surface area contributed by atoms with Gasteiger partial charge in [-0.05, 0) is 61.1 Å². The second kappa shape index (κ2) is 9.03. The number of halogens is 1. The van der Waals surface area contributed by atoms with Crippen molar-refractivity contribution in [2.24, 2.45) is 0 Å². The van der Waals surface area contributed by atoms with Gasteiger partial charge in [0.05, 0.1) is 5.69 Å². The highest BCUT2D eigenvalue weighted by Gasteiger charge is 2.07. The van der Waals surface area contributed by atoms with Crippen LogP contribution >= 0.6 is 35.6 Å². The van der Waals surface area contributed by atoms with Crippen LogP contribution in [0.2, 0.25) is 5.02 Å². The number of thiocarbonyl (C=S) groups is 1. The molecule has 26 heavy (non-hydrogen) atoms. The van der Waals surface area contributed by atoms with Crippen LogP contribution in [-0.4, -0.2) is 10.1 Å². The molecule has 0 saturated carbocycles. The highest BCUT2D eigenvalue weighted by molar-refractivity contribution is 7.99. The summed E-state index contributed by atoms with van der Waals surface area (Å²) >= 11 is 12.9. The van der Waals surface area contributed by atoms with E-state index < -0.39 is 0 Å². The van der Waals surface area contributed by atoms with E-state index in [4.69, 9.17) is 23.8 Å². The fraction of sp³-hybridized carbons (Fsp3) is 0.100. The van der Waals surface area contributed by atoms with Crippen molar-refractivity contribution in [1.29, 1.82) is 0 Å². The number of aryl methyl sites for hydroxylation is 1. The quantitative estimate of drug-likeness (QED) is 0.539. The molecule has 3 rings (SSSR count). The number of benzene rings is 2. The fourth-order valence-electron chi connectivity index (χ4n) is 2.24. The van der Waals surface area contributed by atoms with Crippen molar-refractivity contribution in [3.8, 4) is 0 Å². The van der Waals surface area contributed by atoms with Crippen molar-refractivity contribution < 1.29 is 0 Å². The minimum Gasteiger partial charge on any atom is -0.358 e. The molecule has 0 saturated heterocycles. The summed E-state index contributed by atoms with van der Waals surface area (Å²) in [6.07, 6.45) is 1.77. The van der Waals surface area contributed by atoms with E-state index in [1.165, 1.54) is 11.1 Å². The molecule has 0 unspecified atom stereocenters. The van der Waals surface area contributed by atoms with E-state index in [2.05, 4.69) is 46.8 Å². The summed E-state index contributed by atoms with van der Waals surface area (Å²) in [5.74, 6) is 0. The lowest BCUT2D eigenvalue weighted by Gasteiger charge is -2.13. The van der Waals surface area contributed by atoms with Gasteiger partial charge in [0.1, 0.15) is 5.03 Å². The minimum absolute atomic E-state index is 0.566. The van der Waals surface area contributed by atoms with Gasteiger partial charge in [-0.15, -0.1) is 0 Å². The molecule has 3 aromatic rings. The highest BCUT2D eigenvalue weighted by Crippen LogP contribution is 2.32. The van der Waals surface area contributed by atoms with Crippen molar-refractivity contribution >= 4 is 46.4 Å². The molecule has 1 heterocycles. The minimum atomic E-state index is 0.566. The Hall–Kier alpha value is -2.08. The summed E-state index contributed by atoms with van der Waals surface area (Å²) < 4.78 is 0. The first-order valence-electron chi connectivity index (χ1n) is 8.09. The van der Waals surface area contributed by atoms with Gasteiger partial charge in [-0.2, -0.15) is 0 Å². The van der Waals surface area contributed by atoms with Crippen LogP contribution in [0.1, 0.15) is 11.1 Å². The molecule has 0 spiro atoms. The van der Waals surface area contributed by atoms with Crippen molar-refractivity contribution in [1.82, 2.24) is 10.3 Å². The first kappa shape index (κ1) is 18.7. The normalized spacial score (nSPS) is 10.4. The largest absolute Gasteiger partial charge is 0.358 e.